The highest BCUT2D eigenvalue weighted by molar-refractivity contribution is 6.33. The van der Waals surface area contributed by atoms with Crippen LogP contribution >= 0.6 is 23.2 Å². The van der Waals surface area contributed by atoms with Crippen LogP contribution < -0.4 is 4.74 Å². The van der Waals surface area contributed by atoms with Crippen LogP contribution in [0, 0.1) is 0 Å². The van der Waals surface area contributed by atoms with E-state index >= 15 is 0 Å². The molecule has 16 heavy (non-hydrogen) atoms. The normalized spacial score (nSPS) is 10.2. The predicted molar refractivity (Wildman–Crippen MR) is 64.0 cm³/mol. The third-order valence-corrected chi connectivity index (χ3v) is 2.74. The third-order valence-electron chi connectivity index (χ3n) is 2.13. The maximum Gasteiger partial charge on any atom is 0.140 e. The summed E-state index contributed by atoms with van der Waals surface area (Å²) in [6, 6.07) is 5.39. The van der Waals surface area contributed by atoms with Crippen molar-refractivity contribution >= 4 is 23.2 Å². The lowest BCUT2D eigenvalue weighted by Crippen LogP contribution is -1.88. The maximum atomic E-state index is 5.97. The van der Waals surface area contributed by atoms with E-state index in [-0.39, 0.29) is 0 Å². The van der Waals surface area contributed by atoms with E-state index < -0.39 is 0 Å². The minimum absolute atomic E-state index is 0.402. The Balaban J connectivity index is 2.53. The lowest BCUT2D eigenvalue weighted by molar-refractivity contribution is 0.415. The molecule has 0 saturated heterocycles. The van der Waals surface area contributed by atoms with Gasteiger partial charge in [0, 0.05) is 11.8 Å². The van der Waals surface area contributed by atoms with Gasteiger partial charge in [0.1, 0.15) is 17.2 Å². The summed E-state index contributed by atoms with van der Waals surface area (Å²) in [7, 11) is 1.56. The number of hydrogen-bond donors (Lipinski definition) is 0. The van der Waals surface area contributed by atoms with Crippen LogP contribution in [0.1, 0.15) is 0 Å². The van der Waals surface area contributed by atoms with Gasteiger partial charge >= 0.3 is 0 Å². The lowest BCUT2D eigenvalue weighted by atomic mass is 10.1. The Morgan fingerprint density at radius 2 is 2.06 bits per heavy atom. The molecule has 2 rings (SSSR count). The molecule has 0 radical (unpaired) electrons. The van der Waals surface area contributed by atoms with E-state index in [1.807, 2.05) is 6.07 Å². The van der Waals surface area contributed by atoms with Crippen LogP contribution in [0.25, 0.3) is 11.1 Å². The summed E-state index contributed by atoms with van der Waals surface area (Å²) in [5.41, 5.74) is 1.62. The molecule has 1 heterocycles. The molecule has 5 heteroatoms. The number of aromatic nitrogens is 2. The number of hydrogen-bond acceptors (Lipinski definition) is 3. The molecule has 0 N–H and O–H groups in total. The van der Waals surface area contributed by atoms with Crippen molar-refractivity contribution in [3.05, 3.63) is 40.9 Å². The standard InChI is InChI=1S/C11H8Cl2N2O/c1-16-10-4-7(2-3-9(10)12)8-5-14-6-15-11(8)13/h2-6H,1H3. The molecule has 0 aliphatic carbocycles. The fourth-order valence-electron chi connectivity index (χ4n) is 1.34. The van der Waals surface area contributed by atoms with Crippen molar-refractivity contribution in [2.75, 3.05) is 7.11 Å². The molecule has 0 aliphatic heterocycles. The molecular weight excluding hydrogens is 247 g/mol. The molecule has 0 spiro atoms. The van der Waals surface area contributed by atoms with E-state index in [4.69, 9.17) is 27.9 Å². The molecule has 0 fully saturated rings. The quantitative estimate of drug-likeness (QED) is 0.771. The van der Waals surface area contributed by atoms with E-state index in [0.29, 0.717) is 15.9 Å². The number of methoxy groups -OCH3 is 1. The van der Waals surface area contributed by atoms with E-state index in [9.17, 15) is 0 Å². The average Bonchev–Trinajstić information content (AvgIpc) is 2.31. The Morgan fingerprint density at radius 1 is 1.25 bits per heavy atom. The van der Waals surface area contributed by atoms with Crippen LogP contribution in [-0.4, -0.2) is 17.1 Å². The van der Waals surface area contributed by atoms with E-state index in [0.717, 1.165) is 11.1 Å². The number of benzene rings is 1. The summed E-state index contributed by atoms with van der Waals surface area (Å²) in [6.45, 7) is 0. The van der Waals surface area contributed by atoms with Gasteiger partial charge in [0.15, 0.2) is 0 Å². The first-order chi connectivity index (χ1) is 7.72. The van der Waals surface area contributed by atoms with Gasteiger partial charge in [-0.05, 0) is 17.7 Å². The highest BCUT2D eigenvalue weighted by Crippen LogP contribution is 2.32. The molecule has 0 unspecified atom stereocenters. The Labute approximate surface area is 103 Å². The van der Waals surface area contributed by atoms with Crippen molar-refractivity contribution in [1.82, 2.24) is 9.97 Å². The predicted octanol–water partition coefficient (Wildman–Crippen LogP) is 3.46. The molecule has 0 amide bonds. The summed E-state index contributed by atoms with van der Waals surface area (Å²) in [5, 5.41) is 0.957. The van der Waals surface area contributed by atoms with Gasteiger partial charge in [-0.25, -0.2) is 9.97 Å². The molecule has 1 aromatic carbocycles. The van der Waals surface area contributed by atoms with Gasteiger partial charge in [0.05, 0.1) is 12.1 Å². The van der Waals surface area contributed by atoms with E-state index in [1.54, 1.807) is 25.4 Å². The number of nitrogens with zero attached hydrogens (tertiary/aromatic N) is 2. The van der Waals surface area contributed by atoms with Crippen LogP contribution in [0.2, 0.25) is 10.2 Å². The van der Waals surface area contributed by atoms with Crippen LogP contribution in [-0.2, 0) is 0 Å². The zero-order valence-corrected chi connectivity index (χ0v) is 9.96. The molecular formula is C11H8Cl2N2O. The molecule has 0 aliphatic rings. The Kier molecular flexibility index (Phi) is 3.27. The van der Waals surface area contributed by atoms with Gasteiger partial charge in [0.2, 0.25) is 0 Å². The van der Waals surface area contributed by atoms with Crippen LogP contribution in [0.4, 0.5) is 0 Å². The van der Waals surface area contributed by atoms with Crippen LogP contribution in [0.15, 0.2) is 30.7 Å². The number of rotatable bonds is 2. The first kappa shape index (κ1) is 11.2. The van der Waals surface area contributed by atoms with Crippen molar-refractivity contribution in [3.8, 4) is 16.9 Å². The molecule has 0 bridgehead atoms. The highest BCUT2D eigenvalue weighted by atomic mass is 35.5. The molecule has 0 saturated carbocycles. The van der Waals surface area contributed by atoms with Gasteiger partial charge < -0.3 is 4.74 Å². The second kappa shape index (κ2) is 4.68. The minimum Gasteiger partial charge on any atom is -0.495 e. The monoisotopic (exact) mass is 254 g/mol. The SMILES string of the molecule is COc1cc(-c2cncnc2Cl)ccc1Cl. The molecule has 2 aromatic rings. The van der Waals surface area contributed by atoms with Gasteiger partial charge in [-0.1, -0.05) is 29.3 Å². The zero-order chi connectivity index (χ0) is 11.5. The number of ether oxygens (including phenoxy) is 1. The largest absolute Gasteiger partial charge is 0.495 e. The zero-order valence-electron chi connectivity index (χ0n) is 8.45. The maximum absolute atomic E-state index is 5.97. The molecule has 82 valence electrons. The van der Waals surface area contributed by atoms with Crippen molar-refractivity contribution in [2.45, 2.75) is 0 Å². The van der Waals surface area contributed by atoms with Gasteiger partial charge in [-0.3, -0.25) is 0 Å². The van der Waals surface area contributed by atoms with E-state index in [2.05, 4.69) is 9.97 Å². The van der Waals surface area contributed by atoms with Crippen molar-refractivity contribution in [1.29, 1.82) is 0 Å². The summed E-state index contributed by atoms with van der Waals surface area (Å²) in [5.74, 6) is 0.596. The second-order valence-electron chi connectivity index (χ2n) is 3.08. The summed E-state index contributed by atoms with van der Waals surface area (Å²) in [4.78, 5) is 7.84. The lowest BCUT2D eigenvalue weighted by Gasteiger charge is -2.07. The molecule has 0 atom stereocenters. The third kappa shape index (κ3) is 2.10. The average molecular weight is 255 g/mol. The molecule has 3 nitrogen and oxygen atoms in total. The van der Waals surface area contributed by atoms with Gasteiger partial charge in [-0.15, -0.1) is 0 Å². The van der Waals surface area contributed by atoms with Crippen LogP contribution in [0.3, 0.4) is 0 Å². The smallest absolute Gasteiger partial charge is 0.140 e. The van der Waals surface area contributed by atoms with E-state index in [1.165, 1.54) is 6.33 Å². The topological polar surface area (TPSA) is 35.0 Å². The second-order valence-corrected chi connectivity index (χ2v) is 3.84. The number of halogens is 2. The Bertz CT molecular complexity index is 517. The first-order valence-corrected chi connectivity index (χ1v) is 5.27. The fraction of sp³-hybridized carbons (Fsp3) is 0.0909. The van der Waals surface area contributed by atoms with Crippen LogP contribution in [0.5, 0.6) is 5.75 Å². The Hall–Kier alpha value is -1.32. The summed E-state index contributed by atoms with van der Waals surface area (Å²) < 4.78 is 5.13. The fourth-order valence-corrected chi connectivity index (χ4v) is 1.73. The first-order valence-electron chi connectivity index (χ1n) is 4.52. The van der Waals surface area contributed by atoms with Gasteiger partial charge in [-0.2, -0.15) is 0 Å². The Morgan fingerprint density at radius 3 is 2.75 bits per heavy atom. The van der Waals surface area contributed by atoms with Crippen molar-refractivity contribution < 1.29 is 4.74 Å². The van der Waals surface area contributed by atoms with Gasteiger partial charge in [0.25, 0.3) is 0 Å². The van der Waals surface area contributed by atoms with Crippen molar-refractivity contribution in [3.63, 3.8) is 0 Å². The summed E-state index contributed by atoms with van der Waals surface area (Å²) >= 11 is 11.9. The molecule has 1 aromatic heterocycles. The highest BCUT2D eigenvalue weighted by Gasteiger charge is 2.07. The summed E-state index contributed by atoms with van der Waals surface area (Å²) in [6.07, 6.45) is 3.05. The minimum atomic E-state index is 0.402. The van der Waals surface area contributed by atoms with Crippen molar-refractivity contribution in [2.24, 2.45) is 0 Å².